The minimum atomic E-state index is 0.367. The maximum absolute atomic E-state index is 5.76. The number of anilines is 2. The zero-order valence-corrected chi connectivity index (χ0v) is 12.1. The summed E-state index contributed by atoms with van der Waals surface area (Å²) in [4.78, 5) is 8.52. The molecule has 102 valence electrons. The number of nitrogen functional groups attached to an aromatic ring is 1. The van der Waals surface area contributed by atoms with E-state index in [4.69, 9.17) is 10.5 Å². The van der Waals surface area contributed by atoms with Crippen LogP contribution in [0.1, 0.15) is 26.1 Å². The molecular weight excluding hydrogens is 248 g/mol. The minimum absolute atomic E-state index is 0.367. The van der Waals surface area contributed by atoms with Crippen LogP contribution in [0.4, 0.5) is 11.6 Å². The molecule has 0 spiro atoms. The van der Waals surface area contributed by atoms with Crippen molar-refractivity contribution in [3.63, 3.8) is 0 Å². The third-order valence-electron chi connectivity index (χ3n) is 2.38. The fraction of sp³-hybridized carbons (Fsp3) is 0.667. The zero-order valence-electron chi connectivity index (χ0n) is 11.3. The van der Waals surface area contributed by atoms with Crippen LogP contribution in [0.2, 0.25) is 0 Å². The summed E-state index contributed by atoms with van der Waals surface area (Å²) in [6, 6.07) is 2.12. The first kappa shape index (κ1) is 15.0. The number of aromatic nitrogens is 2. The third-order valence-corrected chi connectivity index (χ3v) is 3.02. The van der Waals surface area contributed by atoms with Crippen LogP contribution in [0.3, 0.4) is 0 Å². The van der Waals surface area contributed by atoms with Crippen LogP contribution >= 0.6 is 11.8 Å². The average Bonchev–Trinajstić information content (AvgIpc) is 2.33. The predicted molar refractivity (Wildman–Crippen MR) is 77.9 cm³/mol. The van der Waals surface area contributed by atoms with Gasteiger partial charge in [-0.1, -0.05) is 0 Å². The summed E-state index contributed by atoms with van der Waals surface area (Å²) in [6.07, 6.45) is 3.20. The van der Waals surface area contributed by atoms with Gasteiger partial charge < -0.3 is 15.8 Å². The fourth-order valence-corrected chi connectivity index (χ4v) is 2.06. The van der Waals surface area contributed by atoms with Crippen molar-refractivity contribution in [2.24, 2.45) is 0 Å². The lowest BCUT2D eigenvalue weighted by atomic mass is 10.2. The van der Waals surface area contributed by atoms with E-state index in [-0.39, 0.29) is 0 Å². The second-order valence-electron chi connectivity index (χ2n) is 4.06. The van der Waals surface area contributed by atoms with E-state index in [2.05, 4.69) is 28.5 Å². The van der Waals surface area contributed by atoms with Crippen molar-refractivity contribution in [3.05, 3.63) is 11.9 Å². The molecule has 1 aromatic heterocycles. The first-order valence-corrected chi connectivity index (χ1v) is 7.51. The number of nitrogens with zero attached hydrogens (tertiary/aromatic N) is 2. The highest BCUT2D eigenvalue weighted by Crippen LogP contribution is 2.12. The lowest BCUT2D eigenvalue weighted by molar-refractivity contribution is 0.128. The molecule has 0 aliphatic carbocycles. The molecule has 18 heavy (non-hydrogen) atoms. The van der Waals surface area contributed by atoms with Crippen LogP contribution in [0, 0.1) is 0 Å². The first-order chi connectivity index (χ1) is 8.65. The summed E-state index contributed by atoms with van der Waals surface area (Å²) in [5, 5.41) is 3.33. The molecule has 1 rings (SSSR count). The molecule has 1 aromatic rings. The minimum Gasteiger partial charge on any atom is -0.384 e. The van der Waals surface area contributed by atoms with E-state index in [1.54, 1.807) is 6.07 Å². The van der Waals surface area contributed by atoms with E-state index in [0.29, 0.717) is 30.9 Å². The largest absolute Gasteiger partial charge is 0.384 e. The Morgan fingerprint density at radius 2 is 2.28 bits per heavy atom. The topological polar surface area (TPSA) is 73.1 Å². The Morgan fingerprint density at radius 3 is 2.94 bits per heavy atom. The Kier molecular flexibility index (Phi) is 6.82. The molecule has 0 aromatic carbocycles. The van der Waals surface area contributed by atoms with E-state index in [9.17, 15) is 0 Å². The van der Waals surface area contributed by atoms with E-state index in [1.165, 1.54) is 0 Å². The SMILES string of the molecule is CCOCc1nc(N)cc(NC(C)CCSC)n1. The van der Waals surface area contributed by atoms with Crippen LogP contribution in [0.25, 0.3) is 0 Å². The molecule has 1 unspecified atom stereocenters. The first-order valence-electron chi connectivity index (χ1n) is 6.12. The van der Waals surface area contributed by atoms with Gasteiger partial charge in [0.15, 0.2) is 5.82 Å². The number of hydrogen-bond donors (Lipinski definition) is 2. The Bertz CT molecular complexity index is 362. The quantitative estimate of drug-likeness (QED) is 0.754. The smallest absolute Gasteiger partial charge is 0.158 e. The molecule has 5 nitrogen and oxygen atoms in total. The van der Waals surface area contributed by atoms with Crippen molar-refractivity contribution < 1.29 is 4.74 Å². The van der Waals surface area contributed by atoms with E-state index >= 15 is 0 Å². The third kappa shape index (κ3) is 5.55. The number of nitrogens with one attached hydrogen (secondary N) is 1. The Labute approximate surface area is 113 Å². The number of ether oxygens (including phenoxy) is 1. The van der Waals surface area contributed by atoms with Gasteiger partial charge in [-0.05, 0) is 32.3 Å². The lowest BCUT2D eigenvalue weighted by Gasteiger charge is -2.14. The van der Waals surface area contributed by atoms with Crippen LogP contribution < -0.4 is 11.1 Å². The van der Waals surface area contributed by atoms with Gasteiger partial charge >= 0.3 is 0 Å². The van der Waals surface area contributed by atoms with Crippen molar-refractivity contribution >= 4 is 23.4 Å². The van der Waals surface area contributed by atoms with Crippen molar-refractivity contribution in [1.29, 1.82) is 0 Å². The highest BCUT2D eigenvalue weighted by Gasteiger charge is 2.06. The Balaban J connectivity index is 2.61. The van der Waals surface area contributed by atoms with Gasteiger partial charge in [0.2, 0.25) is 0 Å². The summed E-state index contributed by atoms with van der Waals surface area (Å²) >= 11 is 1.84. The number of hydrogen-bond acceptors (Lipinski definition) is 6. The van der Waals surface area contributed by atoms with Gasteiger partial charge in [-0.2, -0.15) is 11.8 Å². The normalized spacial score (nSPS) is 12.4. The standard InChI is InChI=1S/C12H22N4OS/c1-4-17-8-12-15-10(13)7-11(16-12)14-9(2)5-6-18-3/h7,9H,4-6,8H2,1-3H3,(H3,13,14,15,16). The highest BCUT2D eigenvalue weighted by atomic mass is 32.2. The highest BCUT2D eigenvalue weighted by molar-refractivity contribution is 7.98. The van der Waals surface area contributed by atoms with Crippen LogP contribution in [-0.4, -0.2) is 34.6 Å². The molecule has 6 heteroatoms. The van der Waals surface area contributed by atoms with Crippen molar-refractivity contribution in [2.45, 2.75) is 32.9 Å². The second-order valence-corrected chi connectivity index (χ2v) is 5.04. The predicted octanol–water partition coefficient (Wildman–Crippen LogP) is 2.15. The van der Waals surface area contributed by atoms with Crippen LogP contribution in [0.5, 0.6) is 0 Å². The van der Waals surface area contributed by atoms with Gasteiger partial charge in [-0.15, -0.1) is 0 Å². The molecule has 0 saturated carbocycles. The molecule has 0 amide bonds. The lowest BCUT2D eigenvalue weighted by Crippen LogP contribution is -2.18. The number of rotatable bonds is 8. The van der Waals surface area contributed by atoms with Crippen LogP contribution in [-0.2, 0) is 11.3 Å². The summed E-state index contributed by atoms with van der Waals surface area (Å²) in [7, 11) is 0. The number of nitrogens with two attached hydrogens (primary N) is 1. The molecule has 0 aliphatic heterocycles. The Hall–Kier alpha value is -1.01. The van der Waals surface area contributed by atoms with E-state index in [0.717, 1.165) is 18.0 Å². The molecule has 0 saturated heterocycles. The maximum Gasteiger partial charge on any atom is 0.158 e. The molecule has 0 bridgehead atoms. The van der Waals surface area contributed by atoms with Crippen molar-refractivity contribution in [2.75, 3.05) is 29.7 Å². The van der Waals surface area contributed by atoms with Gasteiger partial charge in [-0.25, -0.2) is 9.97 Å². The summed E-state index contributed by atoms with van der Waals surface area (Å²) in [5.41, 5.74) is 5.76. The monoisotopic (exact) mass is 270 g/mol. The summed E-state index contributed by atoms with van der Waals surface area (Å²) in [6.45, 7) is 5.12. The summed E-state index contributed by atoms with van der Waals surface area (Å²) in [5.74, 6) is 2.99. The fourth-order valence-electron chi connectivity index (χ4n) is 1.47. The van der Waals surface area contributed by atoms with Crippen LogP contribution in [0.15, 0.2) is 6.07 Å². The second kappa shape index (κ2) is 8.16. The molecule has 0 aliphatic rings. The molecule has 0 radical (unpaired) electrons. The maximum atomic E-state index is 5.76. The van der Waals surface area contributed by atoms with Gasteiger partial charge in [0.25, 0.3) is 0 Å². The molecule has 1 atom stereocenters. The molecule has 1 heterocycles. The van der Waals surface area contributed by atoms with Gasteiger partial charge in [0.1, 0.15) is 18.2 Å². The van der Waals surface area contributed by atoms with E-state index in [1.807, 2.05) is 18.7 Å². The zero-order chi connectivity index (χ0) is 13.4. The molecule has 0 fully saturated rings. The van der Waals surface area contributed by atoms with Gasteiger partial charge in [-0.3, -0.25) is 0 Å². The van der Waals surface area contributed by atoms with Gasteiger partial charge in [0.05, 0.1) is 0 Å². The summed E-state index contributed by atoms with van der Waals surface area (Å²) < 4.78 is 5.29. The average molecular weight is 270 g/mol. The van der Waals surface area contributed by atoms with Crippen molar-refractivity contribution in [3.8, 4) is 0 Å². The van der Waals surface area contributed by atoms with Gasteiger partial charge in [0, 0.05) is 18.7 Å². The molecular formula is C12H22N4OS. The molecule has 3 N–H and O–H groups in total. The number of thioether (sulfide) groups is 1. The van der Waals surface area contributed by atoms with E-state index < -0.39 is 0 Å². The Morgan fingerprint density at radius 1 is 1.50 bits per heavy atom. The van der Waals surface area contributed by atoms with Crippen molar-refractivity contribution in [1.82, 2.24) is 9.97 Å².